The van der Waals surface area contributed by atoms with Crippen molar-refractivity contribution >= 4 is 46.5 Å². The number of hydrogen-bond donors (Lipinski definition) is 0. The molecule has 2 aromatic carbocycles. The van der Waals surface area contributed by atoms with Gasteiger partial charge in [-0.1, -0.05) is 75.9 Å². The summed E-state index contributed by atoms with van der Waals surface area (Å²) >= 11 is 1.71. The second-order valence-corrected chi connectivity index (χ2v) is 12.7. The molecule has 2 aliphatic rings. The monoisotopic (exact) mass is 648 g/mol. The molecule has 12 heteroatoms. The van der Waals surface area contributed by atoms with Crippen LogP contribution in [0.2, 0.25) is 0 Å². The highest BCUT2D eigenvalue weighted by Gasteiger charge is 2.39. The van der Waals surface area contributed by atoms with Crippen LogP contribution in [-0.2, 0) is 0 Å². The first-order valence-electron chi connectivity index (χ1n) is 17.6. The van der Waals surface area contributed by atoms with Crippen LogP contribution in [0.1, 0.15) is 121 Å². The predicted octanol–water partition coefficient (Wildman–Crippen LogP) is 9.47. The molecule has 0 bridgehead atoms. The molecule has 0 aliphatic carbocycles. The third-order valence-electron chi connectivity index (χ3n) is 7.23. The van der Waals surface area contributed by atoms with Crippen molar-refractivity contribution in [2.75, 3.05) is 0 Å². The number of carbonyl (C=O) groups is 2. The number of carbonyl (C=O) groups excluding carboxylic acids is 2. The second kappa shape index (κ2) is 15.1. The molecule has 0 amide bonds. The van der Waals surface area contributed by atoms with Crippen molar-refractivity contribution in [2.24, 2.45) is 0 Å². The number of fused-ring (bicyclic) bond motifs is 2. The Morgan fingerprint density at radius 2 is 1.11 bits per heavy atom. The quantitative estimate of drug-likeness (QED) is 0.0748. The first kappa shape index (κ1) is 25.9. The van der Waals surface area contributed by atoms with Gasteiger partial charge in [0, 0.05) is 53.4 Å². The van der Waals surface area contributed by atoms with Gasteiger partial charge in [0.2, 0.25) is 11.6 Å². The highest BCUT2D eigenvalue weighted by Crippen LogP contribution is 2.53. The summed E-state index contributed by atoms with van der Waals surface area (Å²) < 4.78 is 59.1. The van der Waals surface area contributed by atoms with E-state index in [0.29, 0.717) is 12.8 Å². The number of nitro groups is 2. The third-order valence-corrected chi connectivity index (χ3v) is 9.66. The van der Waals surface area contributed by atoms with Crippen LogP contribution in [0.25, 0.3) is 0 Å². The standard InChI is InChI=1S/C32H38N2O8S2/c1-5-7-9-11-13-19(3)41-25-17-27-21(15-23(25)33(37)38)29(35)31(43-27)32-30(36)22-16-24(34(39)40)26(18-28(22)44-32)42-20(4)14-12-10-8-6-2/h15-20H,5-14H2,1-4H3/b32-31-/t19-,20-/m0/s1/i3D3,4D3. The molecule has 0 saturated carbocycles. The van der Waals surface area contributed by atoms with E-state index in [1.807, 2.05) is 13.8 Å². The summed E-state index contributed by atoms with van der Waals surface area (Å²) in [6, 6.07) is 4.48. The number of nitrogens with zero attached hydrogens (tertiary/aromatic N) is 2. The number of Topliss-reactive ketones (excluding diaryl/α,β-unsaturated/α-hetero) is 2. The number of allylic oxidation sites excluding steroid dienone is 2. The Morgan fingerprint density at radius 3 is 1.45 bits per heavy atom. The van der Waals surface area contributed by atoms with E-state index in [1.165, 1.54) is 12.1 Å². The summed E-state index contributed by atoms with van der Waals surface area (Å²) in [5.74, 6) is -2.01. The van der Waals surface area contributed by atoms with Gasteiger partial charge in [-0.25, -0.2) is 0 Å². The van der Waals surface area contributed by atoms with Crippen molar-refractivity contribution in [3.8, 4) is 11.5 Å². The Bertz CT molecular complexity index is 1570. The average Bonchev–Trinajstić information content (AvgIpc) is 3.52. The molecule has 0 N–H and O–H groups in total. The van der Waals surface area contributed by atoms with Gasteiger partial charge in [-0.15, -0.1) is 0 Å². The number of nitro benzene ring substituents is 2. The molecule has 0 aromatic heterocycles. The predicted molar refractivity (Wildman–Crippen MR) is 171 cm³/mol. The third kappa shape index (κ3) is 7.63. The molecular formula is C32H38N2O8S2. The number of thioether (sulfide) groups is 2. The van der Waals surface area contributed by atoms with E-state index < -0.39 is 58.7 Å². The minimum absolute atomic E-state index is 0.0639. The lowest BCUT2D eigenvalue weighted by molar-refractivity contribution is -0.386. The topological polar surface area (TPSA) is 139 Å². The van der Waals surface area contributed by atoms with Gasteiger partial charge in [0.15, 0.2) is 11.5 Å². The molecule has 0 fully saturated rings. The summed E-state index contributed by atoms with van der Waals surface area (Å²) in [5, 5.41) is 24.1. The highest BCUT2D eigenvalue weighted by molar-refractivity contribution is 8.08. The van der Waals surface area contributed by atoms with Crippen LogP contribution < -0.4 is 9.47 Å². The Morgan fingerprint density at radius 1 is 0.705 bits per heavy atom. The lowest BCUT2D eigenvalue weighted by Crippen LogP contribution is -2.13. The molecule has 2 aliphatic heterocycles. The van der Waals surface area contributed by atoms with Gasteiger partial charge in [0.05, 0.1) is 31.9 Å². The van der Waals surface area contributed by atoms with Crippen molar-refractivity contribution in [2.45, 2.75) is 114 Å². The molecule has 4 rings (SSSR count). The minimum atomic E-state index is -2.57. The zero-order valence-corrected chi connectivity index (χ0v) is 26.1. The molecule has 2 heterocycles. The largest absolute Gasteiger partial charge is 0.484 e. The van der Waals surface area contributed by atoms with E-state index in [1.54, 1.807) is 0 Å². The molecule has 10 nitrogen and oxygen atoms in total. The average molecular weight is 649 g/mol. The van der Waals surface area contributed by atoms with Gasteiger partial charge in [-0.3, -0.25) is 29.8 Å². The number of unbranched alkanes of at least 4 members (excludes halogenated alkanes) is 6. The molecule has 236 valence electrons. The zero-order chi connectivity index (χ0) is 37.0. The number of ketones is 2. The smallest absolute Gasteiger partial charge is 0.311 e. The van der Waals surface area contributed by atoms with Crippen molar-refractivity contribution in [3.05, 3.63) is 65.4 Å². The van der Waals surface area contributed by atoms with E-state index in [4.69, 9.17) is 17.7 Å². The fraction of sp³-hybridized carbons (Fsp3) is 0.500. The van der Waals surface area contributed by atoms with Crippen LogP contribution in [0, 0.1) is 20.2 Å². The Hall–Kier alpha value is -3.38. The minimum Gasteiger partial charge on any atom is -0.484 e. The molecule has 44 heavy (non-hydrogen) atoms. The van der Waals surface area contributed by atoms with Crippen molar-refractivity contribution < 1.29 is 37.1 Å². The lowest BCUT2D eigenvalue weighted by Gasteiger charge is -2.15. The van der Waals surface area contributed by atoms with E-state index in [2.05, 4.69) is 0 Å². The summed E-state index contributed by atoms with van der Waals surface area (Å²) in [5.41, 5.74) is -1.35. The lowest BCUT2D eigenvalue weighted by atomic mass is 10.1. The Balaban J connectivity index is 1.66. The van der Waals surface area contributed by atoms with Crippen molar-refractivity contribution in [1.82, 2.24) is 0 Å². The number of rotatable bonds is 16. The van der Waals surface area contributed by atoms with Gasteiger partial charge in [0.25, 0.3) is 0 Å². The van der Waals surface area contributed by atoms with E-state index in [-0.39, 0.29) is 55.1 Å². The fourth-order valence-electron chi connectivity index (χ4n) is 4.89. The van der Waals surface area contributed by atoms with Crippen LogP contribution in [0.15, 0.2) is 43.9 Å². The molecule has 2 aromatic rings. The number of ether oxygens (including phenoxy) is 2. The van der Waals surface area contributed by atoms with Crippen molar-refractivity contribution in [3.63, 3.8) is 0 Å². The van der Waals surface area contributed by atoms with Crippen LogP contribution in [0.4, 0.5) is 11.4 Å². The van der Waals surface area contributed by atoms with Gasteiger partial charge in [0.1, 0.15) is 0 Å². The maximum absolute atomic E-state index is 13.6. The highest BCUT2D eigenvalue weighted by atomic mass is 32.2. The Kier molecular flexibility index (Phi) is 8.87. The molecule has 0 spiro atoms. The Labute approximate surface area is 274 Å². The maximum Gasteiger partial charge on any atom is 0.311 e. The van der Waals surface area contributed by atoms with Gasteiger partial charge in [-0.05, 0) is 39.4 Å². The van der Waals surface area contributed by atoms with Gasteiger partial charge in [-0.2, -0.15) is 0 Å². The molecule has 0 radical (unpaired) electrons. The van der Waals surface area contributed by atoms with Crippen LogP contribution in [-0.4, -0.2) is 33.6 Å². The summed E-state index contributed by atoms with van der Waals surface area (Å²) in [6.07, 6.45) is 3.89. The van der Waals surface area contributed by atoms with Crippen LogP contribution in [0.3, 0.4) is 0 Å². The molecule has 0 unspecified atom stereocenters. The second-order valence-electron chi connectivity index (χ2n) is 10.6. The molecular weight excluding hydrogens is 604 g/mol. The van der Waals surface area contributed by atoms with E-state index in [0.717, 1.165) is 74.2 Å². The summed E-state index contributed by atoms with van der Waals surface area (Å²) in [4.78, 5) is 50.0. The van der Waals surface area contributed by atoms with Crippen LogP contribution in [0.5, 0.6) is 11.5 Å². The first-order valence-corrected chi connectivity index (χ1v) is 16.3. The van der Waals surface area contributed by atoms with Gasteiger partial charge < -0.3 is 9.47 Å². The number of hydrogen-bond acceptors (Lipinski definition) is 10. The van der Waals surface area contributed by atoms with Crippen LogP contribution >= 0.6 is 23.5 Å². The van der Waals surface area contributed by atoms with Crippen molar-refractivity contribution in [1.29, 1.82) is 0 Å². The van der Waals surface area contributed by atoms with Gasteiger partial charge >= 0.3 is 11.4 Å². The summed E-state index contributed by atoms with van der Waals surface area (Å²) in [6.45, 7) is -1.13. The SMILES string of the molecule is [2H]C([2H])([2H])[C@@H](CCCCCC)Oc1cc2c(cc1[N+](=O)[O-])C(=O)/C(=C1/Sc3cc(O[C@H](CCCCCC)C([2H])([2H])[2H])c([N+](=O)[O-])cc3C1=O)S2. The van der Waals surface area contributed by atoms with E-state index >= 15 is 0 Å². The normalized spacial score (nSPS) is 19.5. The molecule has 0 saturated heterocycles. The molecule has 2 atom stereocenters. The maximum atomic E-state index is 13.6. The zero-order valence-electron chi connectivity index (χ0n) is 30.5. The fourth-order valence-corrected chi connectivity index (χ4v) is 7.21. The van der Waals surface area contributed by atoms with E-state index in [9.17, 15) is 29.8 Å². The summed E-state index contributed by atoms with van der Waals surface area (Å²) in [7, 11) is 0. The first-order chi connectivity index (χ1) is 23.5. The number of benzene rings is 2.